The first-order chi connectivity index (χ1) is 12.0. The standard InChI is InChI=1S/C17H26N4O3S/c1-14(22)19-15-7-11-20(12-8-15)17-6-5-16(13-18-17)25(23,24)21-9-3-2-4-10-21/h5-6,13,15H,2-4,7-12H2,1H3,(H,19,22). The van der Waals surface area contributed by atoms with Gasteiger partial charge in [-0.15, -0.1) is 0 Å². The van der Waals surface area contributed by atoms with E-state index in [2.05, 4.69) is 15.2 Å². The number of sulfonamides is 1. The Labute approximate surface area is 149 Å². The molecule has 0 saturated carbocycles. The number of anilines is 1. The minimum atomic E-state index is -3.43. The Kier molecular flexibility index (Phi) is 5.58. The Morgan fingerprint density at radius 2 is 1.80 bits per heavy atom. The maximum atomic E-state index is 12.7. The molecule has 2 aliphatic heterocycles. The van der Waals surface area contributed by atoms with E-state index in [9.17, 15) is 13.2 Å². The fourth-order valence-corrected chi connectivity index (χ4v) is 4.97. The van der Waals surface area contributed by atoms with Crippen LogP contribution in [0.25, 0.3) is 0 Å². The zero-order valence-corrected chi connectivity index (χ0v) is 15.5. The summed E-state index contributed by atoms with van der Waals surface area (Å²) >= 11 is 0. The van der Waals surface area contributed by atoms with Crippen molar-refractivity contribution in [2.75, 3.05) is 31.1 Å². The molecule has 0 aliphatic carbocycles. The van der Waals surface area contributed by atoms with Crippen molar-refractivity contribution in [1.82, 2.24) is 14.6 Å². The van der Waals surface area contributed by atoms with Crippen molar-refractivity contribution in [3.63, 3.8) is 0 Å². The summed E-state index contributed by atoms with van der Waals surface area (Å²) in [5, 5.41) is 2.95. The number of nitrogens with one attached hydrogen (secondary N) is 1. The van der Waals surface area contributed by atoms with Gasteiger partial charge in [0.05, 0.1) is 0 Å². The van der Waals surface area contributed by atoms with Crippen molar-refractivity contribution in [3.05, 3.63) is 18.3 Å². The third-order valence-corrected chi connectivity index (χ3v) is 6.78. The second-order valence-electron chi connectivity index (χ2n) is 6.78. The monoisotopic (exact) mass is 366 g/mol. The van der Waals surface area contributed by atoms with Crippen molar-refractivity contribution in [2.45, 2.75) is 50.0 Å². The molecule has 0 radical (unpaired) electrons. The quantitative estimate of drug-likeness (QED) is 0.870. The maximum absolute atomic E-state index is 12.7. The molecule has 1 aromatic heterocycles. The van der Waals surface area contributed by atoms with Gasteiger partial charge in [0, 0.05) is 45.3 Å². The molecule has 0 aromatic carbocycles. The molecule has 3 rings (SSSR count). The van der Waals surface area contributed by atoms with Gasteiger partial charge in [0.25, 0.3) is 0 Å². The van der Waals surface area contributed by atoms with Crippen LogP contribution in [0.15, 0.2) is 23.2 Å². The molecule has 1 N–H and O–H groups in total. The van der Waals surface area contributed by atoms with Crippen molar-refractivity contribution >= 4 is 21.7 Å². The van der Waals surface area contributed by atoms with Crippen LogP contribution in [0.3, 0.4) is 0 Å². The van der Waals surface area contributed by atoms with Gasteiger partial charge in [-0.05, 0) is 37.8 Å². The highest BCUT2D eigenvalue weighted by molar-refractivity contribution is 7.89. The Hall–Kier alpha value is -1.67. The van der Waals surface area contributed by atoms with E-state index in [1.807, 2.05) is 0 Å². The smallest absolute Gasteiger partial charge is 0.244 e. The van der Waals surface area contributed by atoms with E-state index >= 15 is 0 Å². The highest BCUT2D eigenvalue weighted by atomic mass is 32.2. The average Bonchev–Trinajstić information content (AvgIpc) is 2.63. The molecule has 3 heterocycles. The first-order valence-electron chi connectivity index (χ1n) is 8.95. The lowest BCUT2D eigenvalue weighted by Crippen LogP contribution is -2.44. The molecular weight excluding hydrogens is 340 g/mol. The second kappa shape index (κ2) is 7.70. The number of aromatic nitrogens is 1. The lowest BCUT2D eigenvalue weighted by molar-refractivity contribution is -0.119. The molecule has 138 valence electrons. The largest absolute Gasteiger partial charge is 0.356 e. The average molecular weight is 366 g/mol. The van der Waals surface area contributed by atoms with Gasteiger partial charge in [0.2, 0.25) is 15.9 Å². The molecule has 7 nitrogen and oxygen atoms in total. The first-order valence-corrected chi connectivity index (χ1v) is 10.4. The third kappa shape index (κ3) is 4.30. The Morgan fingerprint density at radius 3 is 2.36 bits per heavy atom. The lowest BCUT2D eigenvalue weighted by Gasteiger charge is -2.33. The van der Waals surface area contributed by atoms with E-state index in [1.54, 1.807) is 16.4 Å². The maximum Gasteiger partial charge on any atom is 0.244 e. The van der Waals surface area contributed by atoms with Crippen LogP contribution in [0.4, 0.5) is 5.82 Å². The molecule has 2 saturated heterocycles. The number of pyridine rings is 1. The highest BCUT2D eigenvalue weighted by Gasteiger charge is 2.27. The van der Waals surface area contributed by atoms with Gasteiger partial charge < -0.3 is 10.2 Å². The number of hydrogen-bond donors (Lipinski definition) is 1. The number of carbonyl (C=O) groups is 1. The summed E-state index contributed by atoms with van der Waals surface area (Å²) in [6.45, 7) is 4.34. The molecule has 2 fully saturated rings. The van der Waals surface area contributed by atoms with Crippen molar-refractivity contribution < 1.29 is 13.2 Å². The van der Waals surface area contributed by atoms with Crippen molar-refractivity contribution in [1.29, 1.82) is 0 Å². The summed E-state index contributed by atoms with van der Waals surface area (Å²) in [4.78, 5) is 17.9. The van der Waals surface area contributed by atoms with E-state index in [0.717, 1.165) is 51.0 Å². The predicted octanol–water partition coefficient (Wildman–Crippen LogP) is 1.36. The number of piperidine rings is 2. The molecule has 0 atom stereocenters. The van der Waals surface area contributed by atoms with E-state index < -0.39 is 10.0 Å². The van der Waals surface area contributed by atoms with Crippen LogP contribution in [-0.4, -0.2) is 55.8 Å². The van der Waals surface area contributed by atoms with Crippen LogP contribution >= 0.6 is 0 Å². The van der Waals surface area contributed by atoms with Crippen LogP contribution in [-0.2, 0) is 14.8 Å². The highest BCUT2D eigenvalue weighted by Crippen LogP contribution is 2.23. The molecule has 1 amide bonds. The lowest BCUT2D eigenvalue weighted by atomic mass is 10.1. The van der Waals surface area contributed by atoms with E-state index in [1.165, 1.54) is 13.1 Å². The first kappa shape index (κ1) is 18.1. The van der Waals surface area contributed by atoms with Crippen LogP contribution in [0.2, 0.25) is 0 Å². The van der Waals surface area contributed by atoms with Gasteiger partial charge in [0.15, 0.2) is 0 Å². The zero-order chi connectivity index (χ0) is 17.9. The third-order valence-electron chi connectivity index (χ3n) is 4.90. The number of nitrogens with zero attached hydrogens (tertiary/aromatic N) is 3. The Bertz CT molecular complexity index is 691. The molecular formula is C17H26N4O3S. The predicted molar refractivity (Wildman–Crippen MR) is 95.9 cm³/mol. The summed E-state index contributed by atoms with van der Waals surface area (Å²) in [7, 11) is -3.43. The van der Waals surface area contributed by atoms with Gasteiger partial charge in [0.1, 0.15) is 10.7 Å². The molecule has 0 spiro atoms. The second-order valence-corrected chi connectivity index (χ2v) is 8.72. The van der Waals surface area contributed by atoms with Crippen LogP contribution in [0, 0.1) is 0 Å². The topological polar surface area (TPSA) is 82.6 Å². The molecule has 8 heteroatoms. The molecule has 0 unspecified atom stereocenters. The molecule has 2 aliphatic rings. The molecule has 0 bridgehead atoms. The number of amides is 1. The fourth-order valence-electron chi connectivity index (χ4n) is 3.51. The number of hydrogen-bond acceptors (Lipinski definition) is 5. The minimum absolute atomic E-state index is 0.00356. The number of carbonyl (C=O) groups excluding carboxylic acids is 1. The summed E-state index contributed by atoms with van der Waals surface area (Å²) in [6, 6.07) is 3.66. The fraction of sp³-hybridized carbons (Fsp3) is 0.647. The molecule has 1 aromatic rings. The summed E-state index contributed by atoms with van der Waals surface area (Å²) in [6.07, 6.45) is 6.16. The van der Waals surface area contributed by atoms with Gasteiger partial charge in [-0.1, -0.05) is 6.42 Å². The summed E-state index contributed by atoms with van der Waals surface area (Å²) in [5.41, 5.74) is 0. The van der Waals surface area contributed by atoms with Gasteiger partial charge in [-0.2, -0.15) is 4.31 Å². The Morgan fingerprint density at radius 1 is 1.12 bits per heavy atom. The summed E-state index contributed by atoms with van der Waals surface area (Å²) in [5.74, 6) is 0.794. The van der Waals surface area contributed by atoms with Gasteiger partial charge in [-0.25, -0.2) is 13.4 Å². The number of rotatable bonds is 4. The zero-order valence-electron chi connectivity index (χ0n) is 14.6. The van der Waals surface area contributed by atoms with E-state index in [4.69, 9.17) is 0 Å². The normalized spacial score (nSPS) is 20.4. The van der Waals surface area contributed by atoms with Crippen LogP contribution in [0.5, 0.6) is 0 Å². The SMILES string of the molecule is CC(=O)NC1CCN(c2ccc(S(=O)(=O)N3CCCCC3)cn2)CC1. The van der Waals surface area contributed by atoms with E-state index in [-0.39, 0.29) is 16.8 Å². The van der Waals surface area contributed by atoms with Crippen LogP contribution in [0.1, 0.15) is 39.0 Å². The van der Waals surface area contributed by atoms with Crippen LogP contribution < -0.4 is 10.2 Å². The van der Waals surface area contributed by atoms with Gasteiger partial charge in [-0.3, -0.25) is 4.79 Å². The van der Waals surface area contributed by atoms with E-state index in [0.29, 0.717) is 13.1 Å². The Balaban J connectivity index is 1.63. The minimum Gasteiger partial charge on any atom is -0.356 e. The molecule has 25 heavy (non-hydrogen) atoms. The van der Waals surface area contributed by atoms with Gasteiger partial charge >= 0.3 is 0 Å². The van der Waals surface area contributed by atoms with Crippen molar-refractivity contribution in [2.24, 2.45) is 0 Å². The van der Waals surface area contributed by atoms with Crippen molar-refractivity contribution in [3.8, 4) is 0 Å². The summed E-state index contributed by atoms with van der Waals surface area (Å²) < 4.78 is 26.9.